The van der Waals surface area contributed by atoms with Crippen LogP contribution in [0.4, 0.5) is 0 Å². The number of nitrogens with zero attached hydrogens (tertiary/aromatic N) is 1. The lowest BCUT2D eigenvalue weighted by Crippen LogP contribution is -2.30. The summed E-state index contributed by atoms with van der Waals surface area (Å²) in [7, 11) is -1.38. The first kappa shape index (κ1) is 17.9. The topological polar surface area (TPSA) is 66.5 Å². The highest BCUT2D eigenvalue weighted by Gasteiger charge is 2.21. The minimum atomic E-state index is -3.19. The molecule has 1 aliphatic rings. The molecule has 5 nitrogen and oxygen atoms in total. The van der Waals surface area contributed by atoms with Gasteiger partial charge in [0, 0.05) is 19.7 Å². The highest BCUT2D eigenvalue weighted by atomic mass is 32.2. The first-order valence-electron chi connectivity index (χ1n) is 8.05. The van der Waals surface area contributed by atoms with E-state index in [1.807, 2.05) is 14.0 Å². The van der Waals surface area contributed by atoms with Crippen molar-refractivity contribution in [3.8, 4) is 0 Å². The van der Waals surface area contributed by atoms with Gasteiger partial charge in [0.1, 0.15) is 0 Å². The highest BCUT2D eigenvalue weighted by Crippen LogP contribution is 2.23. The van der Waals surface area contributed by atoms with Crippen molar-refractivity contribution in [2.45, 2.75) is 37.1 Å². The average Bonchev–Trinajstić information content (AvgIpc) is 3.04. The lowest BCUT2D eigenvalue weighted by molar-refractivity contribution is -0.132. The standard InChI is InChI=1S/C17H26N2O3S/c1-13(15-5-7-16(8-6-15)23(3,21)22)19(2)17(20)9-4-14-10-11-18-12-14/h5-8,13-14,18H,4,9-12H2,1-3H3. The molecule has 6 heteroatoms. The maximum absolute atomic E-state index is 12.4. The van der Waals surface area contributed by atoms with E-state index in [0.717, 1.165) is 31.5 Å². The number of amides is 1. The molecule has 1 aromatic rings. The zero-order chi connectivity index (χ0) is 17.0. The zero-order valence-electron chi connectivity index (χ0n) is 14.1. The summed E-state index contributed by atoms with van der Waals surface area (Å²) >= 11 is 0. The van der Waals surface area contributed by atoms with E-state index in [4.69, 9.17) is 0 Å². The van der Waals surface area contributed by atoms with Crippen LogP contribution in [0.2, 0.25) is 0 Å². The zero-order valence-corrected chi connectivity index (χ0v) is 14.9. The third-order valence-corrected chi connectivity index (χ3v) is 5.82. The van der Waals surface area contributed by atoms with E-state index in [1.54, 1.807) is 29.2 Å². The number of hydrogen-bond acceptors (Lipinski definition) is 4. The number of carbonyl (C=O) groups excluding carboxylic acids is 1. The first-order chi connectivity index (χ1) is 10.8. The predicted molar refractivity (Wildman–Crippen MR) is 90.9 cm³/mol. The molecular formula is C17H26N2O3S. The number of sulfone groups is 1. The van der Waals surface area contributed by atoms with Crippen molar-refractivity contribution in [3.63, 3.8) is 0 Å². The monoisotopic (exact) mass is 338 g/mol. The van der Waals surface area contributed by atoms with Crippen LogP contribution >= 0.6 is 0 Å². The molecule has 0 radical (unpaired) electrons. The maximum atomic E-state index is 12.4. The van der Waals surface area contributed by atoms with Crippen molar-refractivity contribution in [2.24, 2.45) is 5.92 Å². The summed E-state index contributed by atoms with van der Waals surface area (Å²) in [4.78, 5) is 14.4. The van der Waals surface area contributed by atoms with Crippen LogP contribution in [-0.2, 0) is 14.6 Å². The van der Waals surface area contributed by atoms with E-state index in [1.165, 1.54) is 6.26 Å². The Morgan fingerprint density at radius 2 is 2.00 bits per heavy atom. The Morgan fingerprint density at radius 1 is 1.35 bits per heavy atom. The highest BCUT2D eigenvalue weighted by molar-refractivity contribution is 7.90. The van der Waals surface area contributed by atoms with E-state index >= 15 is 0 Å². The summed E-state index contributed by atoms with van der Waals surface area (Å²) in [6, 6.07) is 6.70. The molecule has 0 saturated carbocycles. The largest absolute Gasteiger partial charge is 0.339 e. The number of benzene rings is 1. The first-order valence-corrected chi connectivity index (χ1v) is 9.94. The molecule has 1 aliphatic heterocycles. The molecule has 1 heterocycles. The summed E-state index contributed by atoms with van der Waals surface area (Å²) in [5, 5.41) is 3.32. The summed E-state index contributed by atoms with van der Waals surface area (Å²) < 4.78 is 23.0. The Hall–Kier alpha value is -1.40. The molecule has 0 spiro atoms. The summed E-state index contributed by atoms with van der Waals surface area (Å²) in [5.41, 5.74) is 0.941. The van der Waals surface area contributed by atoms with Crippen molar-refractivity contribution in [3.05, 3.63) is 29.8 Å². The second-order valence-electron chi connectivity index (χ2n) is 6.42. The second kappa shape index (κ2) is 7.45. The minimum absolute atomic E-state index is 0.0715. The molecule has 1 amide bonds. The van der Waals surface area contributed by atoms with E-state index < -0.39 is 9.84 Å². The van der Waals surface area contributed by atoms with Crippen molar-refractivity contribution >= 4 is 15.7 Å². The molecule has 0 aliphatic carbocycles. The SMILES string of the molecule is CC(c1ccc(S(C)(=O)=O)cc1)N(C)C(=O)CCC1CCNC1. The molecule has 2 rings (SSSR count). The van der Waals surface area contributed by atoms with Crippen LogP contribution in [0.15, 0.2) is 29.2 Å². The third-order valence-electron chi connectivity index (χ3n) is 4.69. The van der Waals surface area contributed by atoms with Crippen LogP contribution in [0.5, 0.6) is 0 Å². The Kier molecular flexibility index (Phi) is 5.81. The van der Waals surface area contributed by atoms with Crippen LogP contribution in [0.25, 0.3) is 0 Å². The lowest BCUT2D eigenvalue weighted by Gasteiger charge is -2.26. The van der Waals surface area contributed by atoms with E-state index in [2.05, 4.69) is 5.32 Å². The molecule has 2 atom stereocenters. The fraction of sp³-hybridized carbons (Fsp3) is 0.588. The lowest BCUT2D eigenvalue weighted by atomic mass is 10.0. The van der Waals surface area contributed by atoms with Crippen LogP contribution in [0.1, 0.15) is 37.8 Å². The number of carbonyl (C=O) groups is 1. The normalized spacial score (nSPS) is 19.5. The maximum Gasteiger partial charge on any atom is 0.222 e. The smallest absolute Gasteiger partial charge is 0.222 e. The van der Waals surface area contributed by atoms with Crippen LogP contribution in [0, 0.1) is 5.92 Å². The Labute approximate surface area is 139 Å². The van der Waals surface area contributed by atoms with Crippen LogP contribution in [0.3, 0.4) is 0 Å². The van der Waals surface area contributed by atoms with Crippen molar-refractivity contribution in [2.75, 3.05) is 26.4 Å². The fourth-order valence-corrected chi connectivity index (χ4v) is 3.53. The Morgan fingerprint density at radius 3 is 2.52 bits per heavy atom. The van der Waals surface area contributed by atoms with Crippen LogP contribution in [-0.4, -0.2) is 45.6 Å². The van der Waals surface area contributed by atoms with Gasteiger partial charge in [-0.2, -0.15) is 0 Å². The van der Waals surface area contributed by atoms with Gasteiger partial charge in [-0.15, -0.1) is 0 Å². The predicted octanol–water partition coefficient (Wildman–Crippen LogP) is 2.00. The van der Waals surface area contributed by atoms with Crippen molar-refractivity contribution in [1.29, 1.82) is 0 Å². The summed E-state index contributed by atoms with van der Waals surface area (Å²) in [5.74, 6) is 0.744. The van der Waals surface area contributed by atoms with Gasteiger partial charge in [-0.1, -0.05) is 12.1 Å². The van der Waals surface area contributed by atoms with Gasteiger partial charge in [0.2, 0.25) is 5.91 Å². The van der Waals surface area contributed by atoms with Gasteiger partial charge in [0.15, 0.2) is 9.84 Å². The Balaban J connectivity index is 1.95. The third kappa shape index (κ3) is 4.78. The van der Waals surface area contributed by atoms with Crippen molar-refractivity contribution < 1.29 is 13.2 Å². The van der Waals surface area contributed by atoms with Gasteiger partial charge in [-0.05, 0) is 56.5 Å². The molecule has 0 bridgehead atoms. The van der Waals surface area contributed by atoms with E-state index in [9.17, 15) is 13.2 Å². The molecule has 128 valence electrons. The van der Waals surface area contributed by atoms with Crippen LogP contribution < -0.4 is 5.32 Å². The average molecular weight is 338 g/mol. The quantitative estimate of drug-likeness (QED) is 0.861. The number of hydrogen-bond donors (Lipinski definition) is 1. The molecule has 1 N–H and O–H groups in total. The summed E-state index contributed by atoms with van der Waals surface area (Å²) in [6.45, 7) is 4.03. The minimum Gasteiger partial charge on any atom is -0.339 e. The van der Waals surface area contributed by atoms with Gasteiger partial charge in [0.05, 0.1) is 10.9 Å². The number of rotatable bonds is 6. The Bertz CT molecular complexity index is 634. The molecule has 0 aromatic heterocycles. The molecule has 1 saturated heterocycles. The van der Waals surface area contributed by atoms with Gasteiger partial charge >= 0.3 is 0 Å². The van der Waals surface area contributed by atoms with Gasteiger partial charge in [-0.25, -0.2) is 8.42 Å². The molecule has 2 unspecified atom stereocenters. The molecule has 1 fully saturated rings. The molecule has 1 aromatic carbocycles. The second-order valence-corrected chi connectivity index (χ2v) is 8.44. The van der Waals surface area contributed by atoms with Gasteiger partial charge in [0.25, 0.3) is 0 Å². The fourth-order valence-electron chi connectivity index (χ4n) is 2.90. The molecular weight excluding hydrogens is 312 g/mol. The van der Waals surface area contributed by atoms with Crippen molar-refractivity contribution in [1.82, 2.24) is 10.2 Å². The number of nitrogens with one attached hydrogen (secondary N) is 1. The van der Waals surface area contributed by atoms with Gasteiger partial charge < -0.3 is 10.2 Å². The molecule has 23 heavy (non-hydrogen) atoms. The van der Waals surface area contributed by atoms with Gasteiger partial charge in [-0.3, -0.25) is 4.79 Å². The van der Waals surface area contributed by atoms with E-state index in [0.29, 0.717) is 17.2 Å². The van der Waals surface area contributed by atoms with E-state index in [-0.39, 0.29) is 11.9 Å². The summed E-state index contributed by atoms with van der Waals surface area (Å²) in [6.07, 6.45) is 3.84.